The number of fused-ring (bicyclic) bond motifs is 2. The third kappa shape index (κ3) is 3.89. The molecule has 0 fully saturated rings. The lowest BCUT2D eigenvalue weighted by Gasteiger charge is -2.00. The molecule has 5 heteroatoms. The van der Waals surface area contributed by atoms with Crippen molar-refractivity contribution in [3.05, 3.63) is 97.9 Å². The Hall–Kier alpha value is -2.24. The van der Waals surface area contributed by atoms with Crippen molar-refractivity contribution in [2.75, 3.05) is 0 Å². The molecule has 0 atom stereocenters. The van der Waals surface area contributed by atoms with Gasteiger partial charge in [-0.2, -0.15) is 0 Å². The number of nitrogens with zero attached hydrogens (tertiary/aromatic N) is 1. The van der Waals surface area contributed by atoms with E-state index in [1.165, 1.54) is 6.07 Å². The summed E-state index contributed by atoms with van der Waals surface area (Å²) in [4.78, 5) is 10.2. The Morgan fingerprint density at radius 3 is 2.12 bits per heavy atom. The van der Waals surface area contributed by atoms with E-state index >= 15 is 0 Å². The fourth-order valence-electron chi connectivity index (χ4n) is 2.42. The Labute approximate surface area is 164 Å². The van der Waals surface area contributed by atoms with E-state index < -0.39 is 4.92 Å². The Balaban J connectivity index is 0.000000159. The quantitative estimate of drug-likeness (QED) is 0.224. The molecule has 4 rings (SSSR count). The van der Waals surface area contributed by atoms with Crippen LogP contribution >= 0.6 is 31.9 Å². The van der Waals surface area contributed by atoms with E-state index in [0.717, 1.165) is 26.0 Å². The second-order valence-electron chi connectivity index (χ2n) is 5.19. The summed E-state index contributed by atoms with van der Waals surface area (Å²) in [5.41, 5.74) is -0.186. The number of nitro groups is 1. The summed E-state index contributed by atoms with van der Waals surface area (Å²) in [6, 6.07) is 20.9. The van der Waals surface area contributed by atoms with E-state index in [-0.39, 0.29) is 11.7 Å². The van der Waals surface area contributed by atoms with Crippen molar-refractivity contribution in [2.45, 2.75) is 0 Å². The summed E-state index contributed by atoms with van der Waals surface area (Å²) in [6.07, 6.45) is 0. The maximum atomic E-state index is 10.7. The summed E-state index contributed by atoms with van der Waals surface area (Å²) >= 11 is 6.60. The second-order valence-corrected chi connectivity index (χ2v) is 6.83. The van der Waals surface area contributed by atoms with Crippen molar-refractivity contribution in [3.8, 4) is 0 Å². The lowest BCUT2D eigenvalue weighted by molar-refractivity contribution is -0.385. The fraction of sp³-hybridized carbons (Fsp3) is 0. The van der Waals surface area contributed by atoms with Crippen LogP contribution in [0.15, 0.2) is 87.8 Å². The number of hydrogen-bond donors (Lipinski definition) is 0. The van der Waals surface area contributed by atoms with Crippen LogP contribution in [0.5, 0.6) is 0 Å². The van der Waals surface area contributed by atoms with Crippen molar-refractivity contribution < 1.29 is 7.66 Å². The highest BCUT2D eigenvalue weighted by molar-refractivity contribution is 9.11. The molecule has 0 bridgehead atoms. The smallest absolute Gasteiger partial charge is 0.258 e. The van der Waals surface area contributed by atoms with Gasteiger partial charge in [0.25, 0.3) is 5.69 Å². The van der Waals surface area contributed by atoms with Crippen LogP contribution in [0.2, 0.25) is 0 Å². The number of rotatable bonds is 1. The molecule has 25 heavy (non-hydrogen) atoms. The third-order valence-corrected chi connectivity index (χ3v) is 5.08. The molecule has 0 N–H and O–H groups in total. The molecule has 0 heterocycles. The predicted molar refractivity (Wildman–Crippen MR) is 110 cm³/mol. The van der Waals surface area contributed by atoms with Gasteiger partial charge in [-0.25, -0.2) is 0 Å². The molecule has 124 valence electrons. The Bertz CT molecular complexity index is 1170. The molecule has 0 saturated heterocycles. The van der Waals surface area contributed by atoms with Gasteiger partial charge in [-0.05, 0) is 44.2 Å². The molecule has 0 aliphatic heterocycles. The zero-order valence-corrected chi connectivity index (χ0v) is 16.0. The Morgan fingerprint density at radius 1 is 0.840 bits per heavy atom. The van der Waals surface area contributed by atoms with Gasteiger partial charge < -0.3 is 0 Å². The van der Waals surface area contributed by atoms with Crippen LogP contribution in [-0.2, 0) is 0 Å². The van der Waals surface area contributed by atoms with Gasteiger partial charge in [0, 0.05) is 15.9 Å². The highest BCUT2D eigenvalue weighted by atomic mass is 79.9. The standard InChI is InChI=1S/C10H6BrNO2.C10H7Br/c11-10-8-4-2-1-3-7(8)5-6-9(10)12(13)14;11-10-7-3-5-8-4-1-2-6-9(8)10/h1-6H;1-7H/i6D;3D. The van der Waals surface area contributed by atoms with Gasteiger partial charge in [-0.15, -0.1) is 0 Å². The van der Waals surface area contributed by atoms with Gasteiger partial charge in [0.1, 0.15) is 4.47 Å². The zero-order valence-electron chi connectivity index (χ0n) is 14.9. The van der Waals surface area contributed by atoms with Gasteiger partial charge in [0.05, 0.1) is 7.66 Å². The van der Waals surface area contributed by atoms with Crippen LogP contribution in [0.3, 0.4) is 0 Å². The molecular formula is C20H13Br2NO2. The minimum absolute atomic E-state index is 0.0782. The third-order valence-electron chi connectivity index (χ3n) is 3.62. The van der Waals surface area contributed by atoms with E-state index in [1.54, 1.807) is 12.1 Å². The zero-order chi connectivity index (χ0) is 19.6. The van der Waals surface area contributed by atoms with Crippen molar-refractivity contribution in [1.82, 2.24) is 0 Å². The van der Waals surface area contributed by atoms with Crippen LogP contribution in [-0.4, -0.2) is 4.92 Å². The highest BCUT2D eigenvalue weighted by Gasteiger charge is 2.13. The fourth-order valence-corrected chi connectivity index (χ4v) is 3.53. The van der Waals surface area contributed by atoms with Crippen LogP contribution < -0.4 is 0 Å². The molecule has 3 nitrogen and oxygen atoms in total. The molecule has 0 unspecified atom stereocenters. The molecule has 0 spiro atoms. The van der Waals surface area contributed by atoms with Crippen LogP contribution in [0.4, 0.5) is 5.69 Å². The van der Waals surface area contributed by atoms with Gasteiger partial charge in [-0.1, -0.05) is 76.6 Å². The SMILES string of the molecule is [2H]c1cc(Br)c2ccccc2c1.[2H]c1cc2ccccc2c(Br)c1[N+](=O)[O-]. The average Bonchev–Trinajstić information content (AvgIpc) is 2.62. The minimum Gasteiger partial charge on any atom is -0.258 e. The lowest BCUT2D eigenvalue weighted by atomic mass is 10.1. The highest BCUT2D eigenvalue weighted by Crippen LogP contribution is 2.32. The number of nitro benzene ring substituents is 1. The molecule has 0 aromatic heterocycles. The predicted octanol–water partition coefficient (Wildman–Crippen LogP) is 7.11. The van der Waals surface area contributed by atoms with Crippen molar-refractivity contribution in [1.29, 1.82) is 0 Å². The van der Waals surface area contributed by atoms with Gasteiger partial charge in [0.2, 0.25) is 0 Å². The Kier molecular flexibility index (Phi) is 4.67. The number of halogens is 2. The molecular weight excluding hydrogens is 446 g/mol. The molecule has 0 saturated carbocycles. The van der Waals surface area contributed by atoms with Crippen LogP contribution in [0, 0.1) is 10.1 Å². The second kappa shape index (κ2) is 7.76. The molecule has 0 aliphatic carbocycles. The minimum atomic E-state index is -0.543. The van der Waals surface area contributed by atoms with Gasteiger partial charge in [-0.3, -0.25) is 10.1 Å². The maximum Gasteiger partial charge on any atom is 0.284 e. The largest absolute Gasteiger partial charge is 0.284 e. The van der Waals surface area contributed by atoms with Crippen molar-refractivity contribution in [3.63, 3.8) is 0 Å². The van der Waals surface area contributed by atoms with Crippen LogP contribution in [0.1, 0.15) is 2.74 Å². The van der Waals surface area contributed by atoms with E-state index in [0.29, 0.717) is 10.5 Å². The van der Waals surface area contributed by atoms with Gasteiger partial charge in [0.15, 0.2) is 0 Å². The first-order valence-corrected chi connectivity index (χ1v) is 8.94. The van der Waals surface area contributed by atoms with Gasteiger partial charge >= 0.3 is 0 Å². The van der Waals surface area contributed by atoms with Crippen LogP contribution in [0.25, 0.3) is 21.5 Å². The summed E-state index contributed by atoms with van der Waals surface area (Å²) in [5.74, 6) is 0. The summed E-state index contributed by atoms with van der Waals surface area (Å²) in [7, 11) is 0. The molecule has 0 aliphatic rings. The van der Waals surface area contributed by atoms with E-state index in [4.69, 9.17) is 2.74 Å². The first-order valence-electron chi connectivity index (χ1n) is 8.35. The summed E-state index contributed by atoms with van der Waals surface area (Å²) in [5, 5.41) is 14.6. The Morgan fingerprint density at radius 2 is 1.44 bits per heavy atom. The van der Waals surface area contributed by atoms with E-state index in [2.05, 4.69) is 31.9 Å². The summed E-state index contributed by atoms with van der Waals surface area (Å²) in [6.45, 7) is 0. The van der Waals surface area contributed by atoms with E-state index in [1.807, 2.05) is 48.5 Å². The van der Waals surface area contributed by atoms with E-state index in [9.17, 15) is 10.1 Å². The topological polar surface area (TPSA) is 43.1 Å². The first kappa shape index (κ1) is 15.0. The molecule has 4 aromatic carbocycles. The summed E-state index contributed by atoms with van der Waals surface area (Å²) < 4.78 is 16.4. The molecule has 4 aromatic rings. The normalized spacial score (nSPS) is 11.4. The first-order chi connectivity index (χ1) is 12.9. The lowest BCUT2D eigenvalue weighted by Crippen LogP contribution is -1.89. The molecule has 0 amide bonds. The average molecular weight is 461 g/mol. The maximum absolute atomic E-state index is 10.7. The van der Waals surface area contributed by atoms with Crippen molar-refractivity contribution in [2.24, 2.45) is 0 Å². The monoisotopic (exact) mass is 459 g/mol. The number of hydrogen-bond acceptors (Lipinski definition) is 2. The number of benzene rings is 4. The van der Waals surface area contributed by atoms with Crippen molar-refractivity contribution >= 4 is 59.1 Å². The molecule has 0 radical (unpaired) electrons.